The summed E-state index contributed by atoms with van der Waals surface area (Å²) in [5, 5.41) is 15.4. The molecule has 0 aromatic heterocycles. The van der Waals surface area contributed by atoms with Crippen molar-refractivity contribution in [3.05, 3.63) is 71.8 Å². The predicted octanol–water partition coefficient (Wildman–Crippen LogP) is 3.52. The lowest BCUT2D eigenvalue weighted by Crippen LogP contribution is -2.42. The highest BCUT2D eigenvalue weighted by molar-refractivity contribution is 6.07. The van der Waals surface area contributed by atoms with Crippen LogP contribution in [0.5, 0.6) is 0 Å². The number of nitrogens with zero attached hydrogens (tertiary/aromatic N) is 1. The van der Waals surface area contributed by atoms with Gasteiger partial charge in [-0.1, -0.05) is 67.8 Å². The number of hydrogen-bond donors (Lipinski definition) is 2. The Bertz CT molecular complexity index is 705. The highest BCUT2D eigenvalue weighted by Crippen LogP contribution is 2.31. The SMILES string of the molecule is O=C(N/N=C(/c1ccccc1)C1(O)CCCCC1)c1ccccc1. The molecule has 0 spiro atoms. The topological polar surface area (TPSA) is 61.7 Å². The van der Waals surface area contributed by atoms with E-state index in [0.29, 0.717) is 24.1 Å². The Morgan fingerprint density at radius 1 is 0.875 bits per heavy atom. The van der Waals surface area contributed by atoms with E-state index in [1.807, 2.05) is 48.5 Å². The van der Waals surface area contributed by atoms with Gasteiger partial charge < -0.3 is 5.11 Å². The first-order valence-electron chi connectivity index (χ1n) is 8.40. The Hall–Kier alpha value is -2.46. The summed E-state index contributed by atoms with van der Waals surface area (Å²) < 4.78 is 0. The normalized spacial score (nSPS) is 17.3. The average molecular weight is 322 g/mol. The molecule has 1 fully saturated rings. The third-order valence-electron chi connectivity index (χ3n) is 4.47. The van der Waals surface area contributed by atoms with Crippen molar-refractivity contribution in [1.29, 1.82) is 0 Å². The first kappa shape index (κ1) is 16.4. The Morgan fingerprint density at radius 3 is 2.00 bits per heavy atom. The summed E-state index contributed by atoms with van der Waals surface area (Å²) in [4.78, 5) is 12.3. The van der Waals surface area contributed by atoms with E-state index in [1.165, 1.54) is 0 Å². The Kier molecular flexibility index (Phi) is 5.06. The molecule has 24 heavy (non-hydrogen) atoms. The monoisotopic (exact) mass is 322 g/mol. The maximum atomic E-state index is 12.3. The van der Waals surface area contributed by atoms with Crippen molar-refractivity contribution in [2.75, 3.05) is 0 Å². The molecule has 1 saturated carbocycles. The molecule has 124 valence electrons. The van der Waals surface area contributed by atoms with Gasteiger partial charge in [0.15, 0.2) is 0 Å². The van der Waals surface area contributed by atoms with Gasteiger partial charge in [0.05, 0.1) is 5.71 Å². The number of carbonyl (C=O) groups excluding carboxylic acids is 1. The molecular weight excluding hydrogens is 300 g/mol. The van der Waals surface area contributed by atoms with Crippen molar-refractivity contribution in [3.8, 4) is 0 Å². The van der Waals surface area contributed by atoms with Gasteiger partial charge in [-0.25, -0.2) is 5.43 Å². The maximum Gasteiger partial charge on any atom is 0.271 e. The average Bonchev–Trinajstić information content (AvgIpc) is 2.64. The highest BCUT2D eigenvalue weighted by atomic mass is 16.3. The molecule has 4 nitrogen and oxygen atoms in total. The van der Waals surface area contributed by atoms with E-state index in [-0.39, 0.29) is 5.91 Å². The van der Waals surface area contributed by atoms with Crippen molar-refractivity contribution >= 4 is 11.6 Å². The minimum atomic E-state index is -0.983. The number of amides is 1. The van der Waals surface area contributed by atoms with Crippen LogP contribution in [0.2, 0.25) is 0 Å². The molecule has 0 radical (unpaired) electrons. The van der Waals surface area contributed by atoms with Crippen molar-refractivity contribution in [1.82, 2.24) is 5.43 Å². The van der Waals surface area contributed by atoms with Crippen molar-refractivity contribution in [3.63, 3.8) is 0 Å². The molecule has 1 aliphatic rings. The standard InChI is InChI=1S/C20H22N2O2/c23-19(17-12-6-2-7-13-17)22-21-18(16-10-4-1-5-11-16)20(24)14-8-3-9-15-20/h1-2,4-7,10-13,24H,3,8-9,14-15H2,(H,22,23)/b21-18-. The van der Waals surface area contributed by atoms with Crippen LogP contribution in [-0.4, -0.2) is 22.3 Å². The lowest BCUT2D eigenvalue weighted by Gasteiger charge is -2.33. The van der Waals surface area contributed by atoms with E-state index in [9.17, 15) is 9.90 Å². The maximum absolute atomic E-state index is 12.3. The zero-order chi connectivity index (χ0) is 16.8. The van der Waals surface area contributed by atoms with Gasteiger partial charge in [-0.2, -0.15) is 5.10 Å². The molecule has 3 rings (SSSR count). The number of hydrogen-bond acceptors (Lipinski definition) is 3. The molecule has 4 heteroatoms. The molecule has 0 aliphatic heterocycles. The van der Waals surface area contributed by atoms with Crippen LogP contribution in [0.15, 0.2) is 65.8 Å². The van der Waals surface area contributed by atoms with E-state index in [4.69, 9.17) is 0 Å². The van der Waals surface area contributed by atoms with Crippen LogP contribution in [0, 0.1) is 0 Å². The second-order valence-electron chi connectivity index (χ2n) is 6.23. The summed E-state index contributed by atoms with van der Waals surface area (Å²) >= 11 is 0. The summed E-state index contributed by atoms with van der Waals surface area (Å²) in [5.74, 6) is -0.275. The quantitative estimate of drug-likeness (QED) is 0.668. The van der Waals surface area contributed by atoms with Crippen LogP contribution < -0.4 is 5.43 Å². The third kappa shape index (κ3) is 3.71. The van der Waals surface area contributed by atoms with Crippen molar-refractivity contribution < 1.29 is 9.90 Å². The smallest absolute Gasteiger partial charge is 0.271 e. The fourth-order valence-corrected chi connectivity index (χ4v) is 3.17. The fraction of sp³-hybridized carbons (Fsp3) is 0.300. The fourth-order valence-electron chi connectivity index (χ4n) is 3.17. The van der Waals surface area contributed by atoms with E-state index < -0.39 is 5.60 Å². The molecule has 2 aromatic rings. The summed E-state index contributed by atoms with van der Waals surface area (Å²) in [5.41, 5.74) is 3.56. The molecule has 1 amide bonds. The first-order valence-corrected chi connectivity index (χ1v) is 8.40. The molecular formula is C20H22N2O2. The number of benzene rings is 2. The summed E-state index contributed by atoms with van der Waals surface area (Å²) in [6.45, 7) is 0. The van der Waals surface area contributed by atoms with Gasteiger partial charge in [-0.05, 0) is 25.0 Å². The van der Waals surface area contributed by atoms with Crippen LogP contribution >= 0.6 is 0 Å². The zero-order valence-corrected chi connectivity index (χ0v) is 13.6. The highest BCUT2D eigenvalue weighted by Gasteiger charge is 2.36. The second kappa shape index (κ2) is 7.41. The molecule has 0 bridgehead atoms. The van der Waals surface area contributed by atoms with E-state index in [1.54, 1.807) is 12.1 Å². The van der Waals surface area contributed by atoms with Crippen molar-refractivity contribution in [2.24, 2.45) is 5.10 Å². The molecule has 1 aliphatic carbocycles. The van der Waals surface area contributed by atoms with Crippen LogP contribution in [0.1, 0.15) is 48.0 Å². The van der Waals surface area contributed by atoms with Gasteiger partial charge in [0.25, 0.3) is 5.91 Å². The minimum absolute atomic E-state index is 0.275. The minimum Gasteiger partial charge on any atom is -0.383 e. The summed E-state index contributed by atoms with van der Waals surface area (Å²) in [6, 6.07) is 18.5. The molecule has 0 atom stereocenters. The van der Waals surface area contributed by atoms with Gasteiger partial charge in [0, 0.05) is 11.1 Å². The molecule has 2 N–H and O–H groups in total. The zero-order valence-electron chi connectivity index (χ0n) is 13.6. The van der Waals surface area contributed by atoms with E-state index in [2.05, 4.69) is 10.5 Å². The first-order chi connectivity index (χ1) is 11.7. The number of hydrazone groups is 1. The van der Waals surface area contributed by atoms with E-state index >= 15 is 0 Å². The number of nitrogens with one attached hydrogen (secondary N) is 1. The Labute approximate surface area is 142 Å². The lowest BCUT2D eigenvalue weighted by molar-refractivity contribution is 0.0707. The van der Waals surface area contributed by atoms with Crippen LogP contribution in [0.4, 0.5) is 0 Å². The lowest BCUT2D eigenvalue weighted by atomic mass is 9.79. The summed E-state index contributed by atoms with van der Waals surface area (Å²) in [6.07, 6.45) is 4.40. The van der Waals surface area contributed by atoms with Gasteiger partial charge in [0.2, 0.25) is 0 Å². The van der Waals surface area contributed by atoms with E-state index in [0.717, 1.165) is 24.8 Å². The van der Waals surface area contributed by atoms with Crippen LogP contribution in [0.3, 0.4) is 0 Å². The summed E-state index contributed by atoms with van der Waals surface area (Å²) in [7, 11) is 0. The Morgan fingerprint density at radius 2 is 1.42 bits per heavy atom. The van der Waals surface area contributed by atoms with Gasteiger partial charge in [-0.3, -0.25) is 4.79 Å². The van der Waals surface area contributed by atoms with Crippen molar-refractivity contribution in [2.45, 2.75) is 37.7 Å². The molecule has 0 saturated heterocycles. The van der Waals surface area contributed by atoms with Gasteiger partial charge in [0.1, 0.15) is 5.60 Å². The van der Waals surface area contributed by atoms with Gasteiger partial charge >= 0.3 is 0 Å². The van der Waals surface area contributed by atoms with Crippen LogP contribution in [-0.2, 0) is 0 Å². The number of rotatable bonds is 4. The molecule has 2 aromatic carbocycles. The van der Waals surface area contributed by atoms with Crippen LogP contribution in [0.25, 0.3) is 0 Å². The second-order valence-corrected chi connectivity index (χ2v) is 6.23. The number of aliphatic hydroxyl groups is 1. The largest absolute Gasteiger partial charge is 0.383 e. The predicted molar refractivity (Wildman–Crippen MR) is 94.9 cm³/mol. The number of carbonyl (C=O) groups is 1. The van der Waals surface area contributed by atoms with Gasteiger partial charge in [-0.15, -0.1) is 0 Å². The molecule has 0 heterocycles. The Balaban J connectivity index is 1.88. The molecule has 0 unspecified atom stereocenters. The third-order valence-corrected chi connectivity index (χ3v) is 4.47.